The molecule has 0 saturated heterocycles. The van der Waals surface area contributed by atoms with Gasteiger partial charge in [-0.3, -0.25) is 0 Å². The van der Waals surface area contributed by atoms with Gasteiger partial charge >= 0.3 is 0 Å². The van der Waals surface area contributed by atoms with Gasteiger partial charge in [0, 0.05) is 25.2 Å². The normalized spacial score (nSPS) is 23.7. The van der Waals surface area contributed by atoms with Crippen LogP contribution in [0.3, 0.4) is 0 Å². The quantitative estimate of drug-likeness (QED) is 0.879. The van der Waals surface area contributed by atoms with E-state index in [1.54, 1.807) is 6.33 Å². The van der Waals surface area contributed by atoms with Crippen molar-refractivity contribution >= 4 is 5.82 Å². The zero-order valence-electron chi connectivity index (χ0n) is 11.2. The molecule has 0 amide bonds. The van der Waals surface area contributed by atoms with E-state index in [2.05, 4.69) is 21.9 Å². The highest BCUT2D eigenvalue weighted by Gasteiger charge is 2.23. The van der Waals surface area contributed by atoms with Crippen LogP contribution in [0.25, 0.3) is 0 Å². The Balaban J connectivity index is 2.03. The molecule has 0 spiro atoms. The van der Waals surface area contributed by atoms with Crippen molar-refractivity contribution in [2.24, 2.45) is 5.73 Å². The molecule has 1 aromatic rings. The van der Waals surface area contributed by atoms with Crippen molar-refractivity contribution in [2.45, 2.75) is 44.7 Å². The summed E-state index contributed by atoms with van der Waals surface area (Å²) in [6, 6.07) is 2.80. The monoisotopic (exact) mass is 250 g/mol. The maximum absolute atomic E-state index is 5.94. The van der Waals surface area contributed by atoms with Gasteiger partial charge in [0.2, 0.25) is 5.88 Å². The molecule has 0 unspecified atom stereocenters. The Morgan fingerprint density at radius 2 is 2.06 bits per heavy atom. The van der Waals surface area contributed by atoms with E-state index in [1.807, 2.05) is 13.0 Å². The van der Waals surface area contributed by atoms with Crippen molar-refractivity contribution in [3.05, 3.63) is 12.4 Å². The molecule has 100 valence electrons. The molecule has 1 saturated carbocycles. The number of anilines is 1. The van der Waals surface area contributed by atoms with Crippen LogP contribution in [0.2, 0.25) is 0 Å². The summed E-state index contributed by atoms with van der Waals surface area (Å²) in [5, 5.41) is 0. The zero-order chi connectivity index (χ0) is 13.0. The molecule has 18 heavy (non-hydrogen) atoms. The lowest BCUT2D eigenvalue weighted by molar-refractivity contribution is 0.325. The van der Waals surface area contributed by atoms with Gasteiger partial charge in [0.15, 0.2) is 0 Å². The molecule has 1 aliphatic rings. The minimum Gasteiger partial charge on any atom is -0.478 e. The highest BCUT2D eigenvalue weighted by Crippen LogP contribution is 2.25. The third kappa shape index (κ3) is 3.10. The lowest BCUT2D eigenvalue weighted by Gasteiger charge is -2.34. The summed E-state index contributed by atoms with van der Waals surface area (Å²) in [5.74, 6) is 1.57. The predicted molar refractivity (Wildman–Crippen MR) is 71.8 cm³/mol. The topological polar surface area (TPSA) is 64.3 Å². The fourth-order valence-corrected chi connectivity index (χ4v) is 2.43. The number of nitrogens with zero attached hydrogens (tertiary/aromatic N) is 3. The predicted octanol–water partition coefficient (Wildman–Crippen LogP) is 1.58. The van der Waals surface area contributed by atoms with E-state index in [4.69, 9.17) is 10.5 Å². The summed E-state index contributed by atoms with van der Waals surface area (Å²) in [7, 11) is 2.08. The molecule has 5 heteroatoms. The maximum Gasteiger partial charge on any atom is 0.218 e. The average molecular weight is 250 g/mol. The van der Waals surface area contributed by atoms with Crippen LogP contribution < -0.4 is 15.4 Å². The molecule has 0 radical (unpaired) electrons. The SMILES string of the molecule is CCOc1cc(N(C)C2CCC(N)CC2)ncn1. The lowest BCUT2D eigenvalue weighted by Crippen LogP contribution is -2.39. The molecule has 0 atom stereocenters. The van der Waals surface area contributed by atoms with E-state index >= 15 is 0 Å². The molecule has 0 aromatic carbocycles. The first-order chi connectivity index (χ1) is 8.70. The van der Waals surface area contributed by atoms with Gasteiger partial charge in [-0.25, -0.2) is 9.97 Å². The largest absolute Gasteiger partial charge is 0.478 e. The number of rotatable bonds is 4. The molecule has 0 bridgehead atoms. The lowest BCUT2D eigenvalue weighted by atomic mass is 9.91. The highest BCUT2D eigenvalue weighted by molar-refractivity contribution is 5.41. The minimum atomic E-state index is 0.374. The fourth-order valence-electron chi connectivity index (χ4n) is 2.43. The van der Waals surface area contributed by atoms with Crippen molar-refractivity contribution < 1.29 is 4.74 Å². The van der Waals surface area contributed by atoms with E-state index in [-0.39, 0.29) is 0 Å². The average Bonchev–Trinajstić information content (AvgIpc) is 2.39. The number of hydrogen-bond donors (Lipinski definition) is 1. The summed E-state index contributed by atoms with van der Waals surface area (Å²) in [6.07, 6.45) is 6.01. The van der Waals surface area contributed by atoms with E-state index in [9.17, 15) is 0 Å². The van der Waals surface area contributed by atoms with Gasteiger partial charge in [0.25, 0.3) is 0 Å². The van der Waals surface area contributed by atoms with Crippen LogP contribution in [0.1, 0.15) is 32.6 Å². The van der Waals surface area contributed by atoms with Gasteiger partial charge in [0.05, 0.1) is 6.61 Å². The molecular formula is C13H22N4O. The van der Waals surface area contributed by atoms with E-state index in [1.165, 1.54) is 0 Å². The van der Waals surface area contributed by atoms with Gasteiger partial charge in [-0.1, -0.05) is 0 Å². The van der Waals surface area contributed by atoms with Crippen molar-refractivity contribution in [3.63, 3.8) is 0 Å². The van der Waals surface area contributed by atoms with E-state index < -0.39 is 0 Å². The first-order valence-corrected chi connectivity index (χ1v) is 6.64. The van der Waals surface area contributed by atoms with Crippen LogP contribution in [0.5, 0.6) is 5.88 Å². The van der Waals surface area contributed by atoms with Gasteiger partial charge in [0.1, 0.15) is 12.1 Å². The van der Waals surface area contributed by atoms with Crippen molar-refractivity contribution in [2.75, 3.05) is 18.6 Å². The Hall–Kier alpha value is -1.36. The molecular weight excluding hydrogens is 228 g/mol. The Labute approximate surface area is 108 Å². The zero-order valence-corrected chi connectivity index (χ0v) is 11.2. The first-order valence-electron chi connectivity index (χ1n) is 6.64. The highest BCUT2D eigenvalue weighted by atomic mass is 16.5. The van der Waals surface area contributed by atoms with Crippen molar-refractivity contribution in [1.82, 2.24) is 9.97 Å². The van der Waals surface area contributed by atoms with E-state index in [0.29, 0.717) is 24.6 Å². The molecule has 2 rings (SSSR count). The molecule has 2 N–H and O–H groups in total. The summed E-state index contributed by atoms with van der Waals surface area (Å²) in [4.78, 5) is 10.6. The smallest absolute Gasteiger partial charge is 0.218 e. The minimum absolute atomic E-state index is 0.374. The molecule has 5 nitrogen and oxygen atoms in total. The first kappa shape index (κ1) is 13.1. The third-order valence-corrected chi connectivity index (χ3v) is 3.57. The second-order valence-electron chi connectivity index (χ2n) is 4.83. The third-order valence-electron chi connectivity index (χ3n) is 3.57. The second kappa shape index (κ2) is 6.00. The van der Waals surface area contributed by atoms with Crippen molar-refractivity contribution in [1.29, 1.82) is 0 Å². The molecule has 1 aromatic heterocycles. The number of nitrogens with two attached hydrogens (primary N) is 1. The summed E-state index contributed by atoms with van der Waals surface area (Å²) < 4.78 is 5.40. The Morgan fingerprint density at radius 1 is 1.33 bits per heavy atom. The Morgan fingerprint density at radius 3 is 2.72 bits per heavy atom. The summed E-state index contributed by atoms with van der Waals surface area (Å²) >= 11 is 0. The van der Waals surface area contributed by atoms with Gasteiger partial charge in [-0.2, -0.15) is 0 Å². The number of hydrogen-bond acceptors (Lipinski definition) is 5. The fraction of sp³-hybridized carbons (Fsp3) is 0.692. The standard InChI is InChI=1S/C13H22N4O/c1-3-18-13-8-12(15-9-16-13)17(2)11-6-4-10(14)5-7-11/h8-11H,3-7,14H2,1-2H3. The van der Waals surface area contributed by atoms with Crippen LogP contribution in [-0.4, -0.2) is 35.7 Å². The summed E-state index contributed by atoms with van der Waals surface area (Å²) in [6.45, 7) is 2.58. The molecule has 1 aliphatic carbocycles. The number of ether oxygens (including phenoxy) is 1. The number of aromatic nitrogens is 2. The Bertz CT molecular complexity index is 377. The van der Waals surface area contributed by atoms with Gasteiger partial charge < -0.3 is 15.4 Å². The van der Waals surface area contributed by atoms with Crippen LogP contribution in [-0.2, 0) is 0 Å². The van der Waals surface area contributed by atoms with Crippen LogP contribution in [0, 0.1) is 0 Å². The van der Waals surface area contributed by atoms with Crippen molar-refractivity contribution in [3.8, 4) is 5.88 Å². The van der Waals surface area contributed by atoms with Crippen LogP contribution in [0.15, 0.2) is 12.4 Å². The second-order valence-corrected chi connectivity index (χ2v) is 4.83. The molecule has 1 fully saturated rings. The molecule has 0 aliphatic heterocycles. The van der Waals surface area contributed by atoms with Crippen LogP contribution in [0.4, 0.5) is 5.82 Å². The summed E-state index contributed by atoms with van der Waals surface area (Å²) in [5.41, 5.74) is 5.94. The maximum atomic E-state index is 5.94. The Kier molecular flexibility index (Phi) is 4.36. The van der Waals surface area contributed by atoms with E-state index in [0.717, 1.165) is 31.5 Å². The van der Waals surface area contributed by atoms with Crippen LogP contribution >= 0.6 is 0 Å². The molecule has 1 heterocycles. The van der Waals surface area contributed by atoms with Gasteiger partial charge in [-0.15, -0.1) is 0 Å². The van der Waals surface area contributed by atoms with Gasteiger partial charge in [-0.05, 0) is 32.6 Å².